The summed E-state index contributed by atoms with van der Waals surface area (Å²) in [4.78, 5) is 23.5. The molecule has 0 radical (unpaired) electrons. The molecule has 1 aliphatic heterocycles. The summed E-state index contributed by atoms with van der Waals surface area (Å²) in [6.45, 7) is 0. The Hall–Kier alpha value is -2.97. The molecule has 160 valence electrons. The van der Waals surface area contributed by atoms with E-state index in [0.29, 0.717) is 15.2 Å². The number of hydrogen-bond acceptors (Lipinski definition) is 6. The van der Waals surface area contributed by atoms with Gasteiger partial charge in [0.1, 0.15) is 4.01 Å². The molecule has 1 N–H and O–H groups in total. The van der Waals surface area contributed by atoms with E-state index in [1.807, 2.05) is 48.5 Å². The Bertz CT molecular complexity index is 1570. The molecule has 33 heavy (non-hydrogen) atoms. The number of thiophene rings is 1. The van der Waals surface area contributed by atoms with Crippen molar-refractivity contribution in [3.8, 4) is 10.4 Å². The van der Waals surface area contributed by atoms with Crippen LogP contribution in [0.1, 0.15) is 5.56 Å². The van der Waals surface area contributed by atoms with Gasteiger partial charge in [0.2, 0.25) is 5.13 Å². The second-order valence-electron chi connectivity index (χ2n) is 7.37. The number of halogens is 1. The second kappa shape index (κ2) is 8.43. The Balaban J connectivity index is 1.24. The number of thiazole rings is 1. The van der Waals surface area contributed by atoms with E-state index in [9.17, 15) is 4.79 Å². The average molecular weight is 504 g/mol. The number of nitrogens with zero attached hydrogens (tertiary/aromatic N) is 2. The van der Waals surface area contributed by atoms with E-state index in [4.69, 9.17) is 11.6 Å². The molecular formula is C25H14ClN3OS3. The Morgan fingerprint density at radius 1 is 0.939 bits per heavy atom. The van der Waals surface area contributed by atoms with Crippen molar-refractivity contribution in [2.75, 3.05) is 0 Å². The molecule has 0 aliphatic carbocycles. The van der Waals surface area contributed by atoms with Crippen molar-refractivity contribution in [3.05, 3.63) is 88.3 Å². The van der Waals surface area contributed by atoms with Crippen molar-refractivity contribution in [1.82, 2.24) is 10.3 Å². The lowest BCUT2D eigenvalue weighted by Crippen LogP contribution is -2.19. The van der Waals surface area contributed by atoms with Gasteiger partial charge in [-0.3, -0.25) is 4.79 Å². The molecule has 4 nitrogen and oxygen atoms in total. The van der Waals surface area contributed by atoms with E-state index in [1.165, 1.54) is 28.5 Å². The zero-order valence-corrected chi connectivity index (χ0v) is 20.1. The first-order chi connectivity index (χ1) is 16.1. The van der Waals surface area contributed by atoms with Crippen LogP contribution in [0.25, 0.3) is 36.8 Å². The van der Waals surface area contributed by atoms with E-state index in [2.05, 4.69) is 45.6 Å². The average Bonchev–Trinajstić information content (AvgIpc) is 3.47. The fraction of sp³-hybridized carbons (Fsp3) is 0. The molecule has 3 heterocycles. The zero-order chi connectivity index (χ0) is 22.4. The first kappa shape index (κ1) is 20.6. The Morgan fingerprint density at radius 2 is 1.76 bits per heavy atom. The van der Waals surface area contributed by atoms with Crippen molar-refractivity contribution >= 4 is 88.6 Å². The molecule has 0 atom stereocenters. The topological polar surface area (TPSA) is 54.4 Å². The minimum atomic E-state index is -0.143. The van der Waals surface area contributed by atoms with E-state index >= 15 is 0 Å². The third kappa shape index (κ3) is 4.20. The minimum absolute atomic E-state index is 0.143. The van der Waals surface area contributed by atoms with Gasteiger partial charge in [0.15, 0.2) is 5.17 Å². The molecule has 1 aliphatic rings. The molecule has 6 rings (SSSR count). The number of carbonyl (C=O) groups is 1. The summed E-state index contributed by atoms with van der Waals surface area (Å²) in [7, 11) is 0. The summed E-state index contributed by atoms with van der Waals surface area (Å²) in [6, 6.07) is 24.2. The number of amides is 1. The molecule has 0 bridgehead atoms. The summed E-state index contributed by atoms with van der Waals surface area (Å²) in [6.07, 6.45) is 1.90. The number of amidine groups is 1. The molecule has 8 heteroatoms. The number of aromatic nitrogens is 1. The van der Waals surface area contributed by atoms with Gasteiger partial charge in [-0.25, -0.2) is 4.98 Å². The first-order valence-electron chi connectivity index (χ1n) is 10.1. The lowest BCUT2D eigenvalue weighted by Gasteiger charge is -1.99. The normalized spacial score (nSPS) is 16.3. The van der Waals surface area contributed by atoms with E-state index in [1.54, 1.807) is 11.3 Å². The van der Waals surface area contributed by atoms with Gasteiger partial charge >= 0.3 is 0 Å². The van der Waals surface area contributed by atoms with Crippen LogP contribution in [0, 0.1) is 0 Å². The highest BCUT2D eigenvalue weighted by Crippen LogP contribution is 2.40. The van der Waals surface area contributed by atoms with Crippen molar-refractivity contribution < 1.29 is 4.79 Å². The van der Waals surface area contributed by atoms with Crippen molar-refractivity contribution in [3.63, 3.8) is 0 Å². The van der Waals surface area contributed by atoms with Crippen molar-refractivity contribution in [2.24, 2.45) is 4.99 Å². The molecule has 1 fully saturated rings. The van der Waals surface area contributed by atoms with Crippen LogP contribution >= 0.6 is 46.0 Å². The largest absolute Gasteiger partial charge is 0.300 e. The first-order valence-corrected chi connectivity index (χ1v) is 12.9. The van der Waals surface area contributed by atoms with Crippen molar-refractivity contribution in [2.45, 2.75) is 0 Å². The SMILES string of the molecule is O=C1NC(=Nc2nc3cc(-c4ccc(Cl)cc4)sc3s2)S/C1=C/c1ccc2ccccc2c1. The summed E-state index contributed by atoms with van der Waals surface area (Å²) < 4.78 is 1.10. The fourth-order valence-corrected chi connectivity index (χ4v) is 6.70. The predicted molar refractivity (Wildman–Crippen MR) is 143 cm³/mol. The van der Waals surface area contributed by atoms with Gasteiger partial charge in [-0.2, -0.15) is 4.99 Å². The lowest BCUT2D eigenvalue weighted by atomic mass is 10.1. The fourth-order valence-electron chi connectivity index (χ4n) is 3.55. The van der Waals surface area contributed by atoms with Gasteiger partial charge in [-0.05, 0) is 64.0 Å². The third-order valence-corrected chi connectivity index (χ3v) is 8.52. The van der Waals surface area contributed by atoms with Crippen LogP contribution in [0.4, 0.5) is 5.13 Å². The van der Waals surface area contributed by atoms with Gasteiger partial charge in [0.05, 0.1) is 10.4 Å². The Kier molecular flexibility index (Phi) is 5.27. The van der Waals surface area contributed by atoms with Crippen LogP contribution in [0.15, 0.2) is 82.7 Å². The van der Waals surface area contributed by atoms with Crippen molar-refractivity contribution in [1.29, 1.82) is 0 Å². The van der Waals surface area contributed by atoms with Gasteiger partial charge in [-0.1, -0.05) is 71.5 Å². The standard InChI is InChI=1S/C25H14ClN3OS3/c26-18-9-7-16(8-10-18)20-13-19-23(31-20)33-24(27-19)29-25-28-22(30)21(32-25)12-14-5-6-15-3-1-2-4-17(15)11-14/h1-13H,(H,27,28,29,30)/b21-12+. The van der Waals surface area contributed by atoms with E-state index in [0.717, 1.165) is 35.9 Å². The summed E-state index contributed by atoms with van der Waals surface area (Å²) in [5.41, 5.74) is 3.01. The Labute approximate surface area is 206 Å². The molecule has 2 aromatic heterocycles. The maximum atomic E-state index is 12.5. The van der Waals surface area contributed by atoms with Gasteiger partial charge in [0.25, 0.3) is 5.91 Å². The summed E-state index contributed by atoms with van der Waals surface area (Å²) >= 11 is 10.5. The minimum Gasteiger partial charge on any atom is -0.300 e. The smallest absolute Gasteiger partial charge is 0.264 e. The molecule has 0 unspecified atom stereocenters. The summed E-state index contributed by atoms with van der Waals surface area (Å²) in [5, 5.41) is 7.07. The number of nitrogens with one attached hydrogen (secondary N) is 1. The van der Waals surface area contributed by atoms with Gasteiger partial charge < -0.3 is 5.32 Å². The number of benzene rings is 3. The van der Waals surface area contributed by atoms with Gasteiger partial charge in [-0.15, -0.1) is 11.3 Å². The quantitative estimate of drug-likeness (QED) is 0.256. The van der Waals surface area contributed by atoms with Crippen LogP contribution in [0.5, 0.6) is 0 Å². The molecule has 5 aromatic rings. The number of aliphatic imine (C=N–C) groups is 1. The predicted octanol–water partition coefficient (Wildman–Crippen LogP) is 7.72. The highest BCUT2D eigenvalue weighted by atomic mass is 35.5. The van der Waals surface area contributed by atoms with Crippen LogP contribution in [0.3, 0.4) is 0 Å². The monoisotopic (exact) mass is 503 g/mol. The molecule has 0 spiro atoms. The molecular weight excluding hydrogens is 490 g/mol. The molecule has 1 amide bonds. The van der Waals surface area contributed by atoms with E-state index < -0.39 is 0 Å². The van der Waals surface area contributed by atoms with Crippen LogP contribution < -0.4 is 5.32 Å². The zero-order valence-electron chi connectivity index (χ0n) is 16.9. The van der Waals surface area contributed by atoms with Crippen LogP contribution in [0.2, 0.25) is 5.02 Å². The number of rotatable bonds is 3. The third-order valence-electron chi connectivity index (χ3n) is 5.13. The maximum absolute atomic E-state index is 12.5. The molecule has 0 saturated carbocycles. The maximum Gasteiger partial charge on any atom is 0.264 e. The number of hydrogen-bond donors (Lipinski definition) is 1. The van der Waals surface area contributed by atoms with Crippen LogP contribution in [-0.2, 0) is 4.79 Å². The Morgan fingerprint density at radius 3 is 2.58 bits per heavy atom. The molecule has 3 aromatic carbocycles. The number of carbonyl (C=O) groups excluding carboxylic acids is 1. The highest BCUT2D eigenvalue weighted by molar-refractivity contribution is 8.18. The number of thioether (sulfide) groups is 1. The van der Waals surface area contributed by atoms with Crippen LogP contribution in [-0.4, -0.2) is 16.1 Å². The molecule has 1 saturated heterocycles. The second-order valence-corrected chi connectivity index (χ2v) is 11.1. The van der Waals surface area contributed by atoms with E-state index in [-0.39, 0.29) is 5.91 Å². The summed E-state index contributed by atoms with van der Waals surface area (Å²) in [5.74, 6) is -0.143. The highest BCUT2D eigenvalue weighted by Gasteiger charge is 2.24. The van der Waals surface area contributed by atoms with Gasteiger partial charge in [0, 0.05) is 9.90 Å². The lowest BCUT2D eigenvalue weighted by molar-refractivity contribution is -0.115. The number of fused-ring (bicyclic) bond motifs is 2.